The first-order chi connectivity index (χ1) is 12.4. The summed E-state index contributed by atoms with van der Waals surface area (Å²) in [6.45, 7) is 1.93. The molecule has 0 bridgehead atoms. The Morgan fingerprint density at radius 2 is 1.81 bits per heavy atom. The first-order valence-electron chi connectivity index (χ1n) is 7.86. The molecule has 0 saturated carbocycles. The van der Waals surface area contributed by atoms with Gasteiger partial charge in [-0.05, 0) is 83.7 Å². The zero-order chi connectivity index (χ0) is 19.1. The van der Waals surface area contributed by atoms with Crippen LogP contribution in [0.2, 0.25) is 5.02 Å². The third-order valence-electron chi connectivity index (χ3n) is 3.31. The van der Waals surface area contributed by atoms with Crippen molar-refractivity contribution in [2.24, 2.45) is 0 Å². The molecule has 2 rings (SSSR count). The number of halogens is 2. The molecule has 0 heterocycles. The fraction of sp³-hybridized carbons (Fsp3) is 0.167. The zero-order valence-corrected chi connectivity index (χ0v) is 17.7. The highest BCUT2D eigenvalue weighted by atomic mass is 127. The van der Waals surface area contributed by atoms with Crippen molar-refractivity contribution in [3.05, 3.63) is 56.6 Å². The maximum Gasteiger partial charge on any atom is 0.257 e. The van der Waals surface area contributed by atoms with Crippen molar-refractivity contribution in [1.29, 1.82) is 0 Å². The van der Waals surface area contributed by atoms with Gasteiger partial charge in [-0.2, -0.15) is 0 Å². The van der Waals surface area contributed by atoms with E-state index in [0.29, 0.717) is 28.4 Å². The number of hydrogen-bond donors (Lipinski definition) is 3. The summed E-state index contributed by atoms with van der Waals surface area (Å²) in [5.74, 6) is -0.391. The number of carbonyl (C=O) groups excluding carboxylic acids is 2. The van der Waals surface area contributed by atoms with E-state index in [2.05, 4.69) is 38.5 Å². The Morgan fingerprint density at radius 3 is 2.46 bits per heavy atom. The van der Waals surface area contributed by atoms with Crippen molar-refractivity contribution in [3.63, 3.8) is 0 Å². The summed E-state index contributed by atoms with van der Waals surface area (Å²) in [7, 11) is 0. The Balaban J connectivity index is 2.02. The topological polar surface area (TPSA) is 70.2 Å². The monoisotopic (exact) mass is 501 g/mol. The van der Waals surface area contributed by atoms with Crippen LogP contribution in [-0.2, 0) is 4.79 Å². The largest absolute Gasteiger partial charge is 0.331 e. The van der Waals surface area contributed by atoms with Crippen molar-refractivity contribution in [3.8, 4) is 0 Å². The molecule has 0 radical (unpaired) electrons. The van der Waals surface area contributed by atoms with E-state index in [0.717, 1.165) is 9.99 Å². The minimum atomic E-state index is -0.317. The van der Waals surface area contributed by atoms with Crippen LogP contribution in [0.25, 0.3) is 0 Å². The van der Waals surface area contributed by atoms with Gasteiger partial charge in [0.1, 0.15) is 0 Å². The van der Waals surface area contributed by atoms with Gasteiger partial charge < -0.3 is 10.6 Å². The maximum atomic E-state index is 12.2. The summed E-state index contributed by atoms with van der Waals surface area (Å²) in [5, 5.41) is 8.81. The van der Waals surface area contributed by atoms with Gasteiger partial charge in [0, 0.05) is 21.2 Å². The SMILES string of the molecule is CCCC(=O)Nc1ccc(Cl)c(NC(=S)NC(=O)c2ccc(I)cc2)c1. The summed E-state index contributed by atoms with van der Waals surface area (Å²) in [6, 6.07) is 12.1. The molecule has 8 heteroatoms. The van der Waals surface area contributed by atoms with E-state index in [1.54, 1.807) is 30.3 Å². The van der Waals surface area contributed by atoms with E-state index < -0.39 is 0 Å². The van der Waals surface area contributed by atoms with Gasteiger partial charge in [0.05, 0.1) is 10.7 Å². The number of rotatable bonds is 5. The van der Waals surface area contributed by atoms with Crippen LogP contribution in [0.1, 0.15) is 30.1 Å². The third kappa shape index (κ3) is 6.22. The minimum Gasteiger partial charge on any atom is -0.331 e. The molecule has 2 aromatic rings. The number of nitrogens with one attached hydrogen (secondary N) is 3. The second kappa shape index (κ2) is 9.84. The zero-order valence-electron chi connectivity index (χ0n) is 13.9. The van der Waals surface area contributed by atoms with Gasteiger partial charge in [-0.1, -0.05) is 18.5 Å². The van der Waals surface area contributed by atoms with E-state index in [1.165, 1.54) is 0 Å². The summed E-state index contributed by atoms with van der Waals surface area (Å²) in [4.78, 5) is 23.9. The van der Waals surface area contributed by atoms with E-state index in [9.17, 15) is 9.59 Å². The van der Waals surface area contributed by atoms with Crippen LogP contribution in [0.15, 0.2) is 42.5 Å². The smallest absolute Gasteiger partial charge is 0.257 e. The number of benzene rings is 2. The highest BCUT2D eigenvalue weighted by Gasteiger charge is 2.10. The molecule has 26 heavy (non-hydrogen) atoms. The van der Waals surface area contributed by atoms with Gasteiger partial charge in [-0.25, -0.2) is 0 Å². The predicted molar refractivity (Wildman–Crippen MR) is 118 cm³/mol. The standard InChI is InChI=1S/C18H17ClIN3O2S/c1-2-3-16(24)21-13-8-9-14(19)15(10-13)22-18(26)23-17(25)11-4-6-12(20)7-5-11/h4-10H,2-3H2,1H3,(H,21,24)(H2,22,23,25,26). The Hall–Kier alpha value is -1.71. The summed E-state index contributed by atoms with van der Waals surface area (Å²) in [5.41, 5.74) is 1.59. The highest BCUT2D eigenvalue weighted by molar-refractivity contribution is 14.1. The first kappa shape index (κ1) is 20.6. The van der Waals surface area contributed by atoms with Crippen LogP contribution in [0, 0.1) is 3.57 Å². The van der Waals surface area contributed by atoms with Gasteiger partial charge in [0.25, 0.3) is 5.91 Å². The Kier molecular flexibility index (Phi) is 7.80. The van der Waals surface area contributed by atoms with Gasteiger partial charge in [0.15, 0.2) is 5.11 Å². The van der Waals surface area contributed by atoms with E-state index >= 15 is 0 Å². The van der Waals surface area contributed by atoms with Crippen LogP contribution in [-0.4, -0.2) is 16.9 Å². The Morgan fingerprint density at radius 1 is 1.12 bits per heavy atom. The molecule has 0 fully saturated rings. The van der Waals surface area contributed by atoms with Crippen LogP contribution >= 0.6 is 46.4 Å². The minimum absolute atomic E-state index is 0.0737. The van der Waals surface area contributed by atoms with Gasteiger partial charge in [-0.3, -0.25) is 14.9 Å². The lowest BCUT2D eigenvalue weighted by atomic mass is 10.2. The molecule has 2 aromatic carbocycles. The van der Waals surface area contributed by atoms with E-state index in [4.69, 9.17) is 23.8 Å². The van der Waals surface area contributed by atoms with Gasteiger partial charge >= 0.3 is 0 Å². The molecule has 0 spiro atoms. The van der Waals surface area contributed by atoms with Crippen LogP contribution in [0.3, 0.4) is 0 Å². The van der Waals surface area contributed by atoms with Crippen LogP contribution in [0.4, 0.5) is 11.4 Å². The lowest BCUT2D eigenvalue weighted by Crippen LogP contribution is -2.34. The quantitative estimate of drug-likeness (QED) is 0.406. The molecule has 0 aliphatic carbocycles. The van der Waals surface area contributed by atoms with Crippen molar-refractivity contribution in [1.82, 2.24) is 5.32 Å². The Bertz CT molecular complexity index is 828. The van der Waals surface area contributed by atoms with E-state index in [-0.39, 0.29) is 16.9 Å². The summed E-state index contributed by atoms with van der Waals surface area (Å²) < 4.78 is 1.04. The average molecular weight is 502 g/mol. The highest BCUT2D eigenvalue weighted by Crippen LogP contribution is 2.25. The lowest BCUT2D eigenvalue weighted by molar-refractivity contribution is -0.116. The maximum absolute atomic E-state index is 12.2. The fourth-order valence-corrected chi connectivity index (χ4v) is 2.81. The summed E-state index contributed by atoms with van der Waals surface area (Å²) in [6.07, 6.45) is 1.20. The number of anilines is 2. The van der Waals surface area contributed by atoms with Crippen molar-refractivity contribution in [2.75, 3.05) is 10.6 Å². The van der Waals surface area contributed by atoms with Crippen molar-refractivity contribution in [2.45, 2.75) is 19.8 Å². The Labute approximate surface area is 176 Å². The lowest BCUT2D eigenvalue weighted by Gasteiger charge is -2.13. The van der Waals surface area contributed by atoms with Gasteiger partial charge in [-0.15, -0.1) is 0 Å². The fourth-order valence-electron chi connectivity index (χ4n) is 2.08. The third-order valence-corrected chi connectivity index (χ3v) is 4.56. The van der Waals surface area contributed by atoms with Gasteiger partial charge in [0.2, 0.25) is 5.91 Å². The number of thiocarbonyl (C=S) groups is 1. The molecule has 136 valence electrons. The molecule has 0 atom stereocenters. The molecule has 0 aliphatic heterocycles. The molecule has 0 saturated heterocycles. The first-order valence-corrected chi connectivity index (χ1v) is 9.73. The molecular formula is C18H17ClIN3O2S. The van der Waals surface area contributed by atoms with Crippen molar-refractivity contribution < 1.29 is 9.59 Å². The molecule has 0 aliphatic rings. The second-order valence-corrected chi connectivity index (χ2v) is 7.47. The molecule has 2 amide bonds. The summed E-state index contributed by atoms with van der Waals surface area (Å²) >= 11 is 13.5. The van der Waals surface area contributed by atoms with Crippen LogP contribution in [0.5, 0.6) is 0 Å². The number of amides is 2. The molecule has 0 aromatic heterocycles. The second-order valence-electron chi connectivity index (χ2n) is 5.41. The molecular weight excluding hydrogens is 485 g/mol. The van der Waals surface area contributed by atoms with Crippen LogP contribution < -0.4 is 16.0 Å². The molecule has 5 nitrogen and oxygen atoms in total. The average Bonchev–Trinajstić information content (AvgIpc) is 2.58. The van der Waals surface area contributed by atoms with Crippen molar-refractivity contribution >= 4 is 74.7 Å². The number of hydrogen-bond acceptors (Lipinski definition) is 3. The molecule has 0 unspecified atom stereocenters. The molecule has 3 N–H and O–H groups in total. The predicted octanol–water partition coefficient (Wildman–Crippen LogP) is 4.81. The number of carbonyl (C=O) groups is 2. The normalized spacial score (nSPS) is 10.1. The van der Waals surface area contributed by atoms with E-state index in [1.807, 2.05) is 19.1 Å².